The number of hydrogen-bond acceptors (Lipinski definition) is 4. The Morgan fingerprint density at radius 2 is 1.54 bits per heavy atom. The molecule has 0 spiro atoms. The third kappa shape index (κ3) is 8.82. The van der Waals surface area contributed by atoms with E-state index in [9.17, 15) is 22.4 Å². The molecule has 0 aliphatic heterocycles. The van der Waals surface area contributed by atoms with Crippen LogP contribution in [0.3, 0.4) is 0 Å². The fourth-order valence-electron chi connectivity index (χ4n) is 6.13. The number of carbonyl (C=O) groups is 2. The zero-order valence-corrected chi connectivity index (χ0v) is 28.8. The second-order valence-electron chi connectivity index (χ2n) is 12.5. The van der Waals surface area contributed by atoms with E-state index in [-0.39, 0.29) is 29.8 Å². The van der Waals surface area contributed by atoms with Crippen LogP contribution in [-0.4, -0.2) is 43.8 Å². The maximum atomic E-state index is 14.7. The molecule has 1 N–H and O–H groups in total. The number of halogens is 2. The van der Waals surface area contributed by atoms with E-state index in [1.165, 1.54) is 29.2 Å². The van der Waals surface area contributed by atoms with Crippen molar-refractivity contribution < 1.29 is 22.4 Å². The van der Waals surface area contributed by atoms with Crippen molar-refractivity contribution in [2.45, 2.75) is 75.9 Å². The van der Waals surface area contributed by atoms with Gasteiger partial charge >= 0.3 is 0 Å². The van der Waals surface area contributed by atoms with E-state index in [4.69, 9.17) is 11.6 Å². The molecule has 0 bridgehead atoms. The number of amides is 2. The lowest BCUT2D eigenvalue weighted by molar-refractivity contribution is -0.140. The van der Waals surface area contributed by atoms with Crippen LogP contribution in [0.2, 0.25) is 5.02 Å². The molecule has 10 heteroatoms. The molecule has 4 aromatic rings. The van der Waals surface area contributed by atoms with Gasteiger partial charge in [-0.1, -0.05) is 91.0 Å². The third-order valence-electron chi connectivity index (χ3n) is 8.80. The Morgan fingerprint density at radius 1 is 0.875 bits per heavy atom. The SMILES string of the molecule is Cc1ccc(S(=O)(=O)N(CC(=O)N(Cc2ccc(F)cc2)[C@@H](Cc2ccccc2)C(=O)NC2CCCCC2)c2ccc(Cl)cc2C)cc1. The number of sulfonamides is 1. The first kappa shape index (κ1) is 35.1. The molecule has 252 valence electrons. The Bertz CT molecular complexity index is 1810. The highest BCUT2D eigenvalue weighted by atomic mass is 35.5. The zero-order chi connectivity index (χ0) is 34.3. The van der Waals surface area contributed by atoms with E-state index < -0.39 is 34.3 Å². The number of rotatable bonds is 12. The Kier molecular flexibility index (Phi) is 11.5. The van der Waals surface area contributed by atoms with Crippen molar-refractivity contribution in [1.29, 1.82) is 0 Å². The maximum Gasteiger partial charge on any atom is 0.264 e. The molecule has 1 atom stereocenters. The van der Waals surface area contributed by atoms with Gasteiger partial charge in [0, 0.05) is 24.0 Å². The van der Waals surface area contributed by atoms with Gasteiger partial charge in [0.15, 0.2) is 0 Å². The lowest BCUT2D eigenvalue weighted by Gasteiger charge is -2.35. The highest BCUT2D eigenvalue weighted by Crippen LogP contribution is 2.30. The quantitative estimate of drug-likeness (QED) is 0.168. The molecule has 5 rings (SSSR count). The van der Waals surface area contributed by atoms with Crippen molar-refractivity contribution in [3.63, 3.8) is 0 Å². The number of carbonyl (C=O) groups excluding carboxylic acids is 2. The van der Waals surface area contributed by atoms with Crippen LogP contribution in [0.15, 0.2) is 102 Å². The van der Waals surface area contributed by atoms with Gasteiger partial charge in [-0.2, -0.15) is 0 Å². The van der Waals surface area contributed by atoms with Crippen LogP contribution in [0.1, 0.15) is 54.4 Å². The molecule has 0 radical (unpaired) electrons. The Morgan fingerprint density at radius 3 is 2.19 bits per heavy atom. The smallest absolute Gasteiger partial charge is 0.264 e. The Labute approximate surface area is 287 Å². The van der Waals surface area contributed by atoms with Gasteiger partial charge in [-0.05, 0) is 85.8 Å². The van der Waals surface area contributed by atoms with Gasteiger partial charge in [0.25, 0.3) is 10.0 Å². The average Bonchev–Trinajstić information content (AvgIpc) is 3.07. The van der Waals surface area contributed by atoms with E-state index >= 15 is 0 Å². The lowest BCUT2D eigenvalue weighted by atomic mass is 9.94. The summed E-state index contributed by atoms with van der Waals surface area (Å²) in [5.41, 5.74) is 3.19. The van der Waals surface area contributed by atoms with Crippen molar-refractivity contribution in [2.75, 3.05) is 10.8 Å². The fraction of sp³-hybridized carbons (Fsp3) is 0.316. The number of nitrogens with zero attached hydrogens (tertiary/aromatic N) is 2. The molecule has 1 aliphatic carbocycles. The van der Waals surface area contributed by atoms with Gasteiger partial charge in [-0.15, -0.1) is 0 Å². The number of benzene rings is 4. The second kappa shape index (κ2) is 15.8. The fourth-order valence-corrected chi connectivity index (χ4v) is 7.84. The van der Waals surface area contributed by atoms with Crippen molar-refractivity contribution in [3.05, 3.63) is 130 Å². The van der Waals surface area contributed by atoms with Crippen molar-refractivity contribution >= 4 is 39.1 Å². The molecule has 0 unspecified atom stereocenters. The van der Waals surface area contributed by atoms with Gasteiger partial charge in [0.2, 0.25) is 11.8 Å². The van der Waals surface area contributed by atoms with Crippen LogP contribution in [0, 0.1) is 19.7 Å². The van der Waals surface area contributed by atoms with E-state index in [1.54, 1.807) is 49.4 Å². The van der Waals surface area contributed by atoms with Crippen LogP contribution in [-0.2, 0) is 32.6 Å². The van der Waals surface area contributed by atoms with Crippen LogP contribution in [0.5, 0.6) is 0 Å². The standard InChI is InChI=1S/C38H41ClFN3O4S/c1-27-13-20-34(21-14-27)48(46,47)43(35-22-17-31(39)23-28(35)2)26-37(44)42(25-30-15-18-32(40)19-16-30)36(24-29-9-5-3-6-10-29)38(45)41-33-11-7-4-8-12-33/h3,5-6,9-10,13-23,33,36H,4,7-8,11-12,24-26H2,1-2H3,(H,41,45)/t36-/m0/s1. The number of aryl methyl sites for hydroxylation is 2. The van der Waals surface area contributed by atoms with E-state index in [1.807, 2.05) is 37.3 Å². The van der Waals surface area contributed by atoms with E-state index in [0.29, 0.717) is 21.8 Å². The number of nitrogens with one attached hydrogen (secondary N) is 1. The van der Waals surface area contributed by atoms with Gasteiger partial charge in [0.05, 0.1) is 10.6 Å². The van der Waals surface area contributed by atoms with Gasteiger partial charge in [-0.3, -0.25) is 13.9 Å². The topological polar surface area (TPSA) is 86.8 Å². The molecule has 1 aliphatic rings. The van der Waals surface area contributed by atoms with Gasteiger partial charge in [-0.25, -0.2) is 12.8 Å². The van der Waals surface area contributed by atoms with Gasteiger partial charge in [0.1, 0.15) is 18.4 Å². The second-order valence-corrected chi connectivity index (χ2v) is 14.8. The minimum atomic E-state index is -4.25. The minimum Gasteiger partial charge on any atom is -0.352 e. The molecule has 48 heavy (non-hydrogen) atoms. The molecule has 0 heterocycles. The lowest BCUT2D eigenvalue weighted by Crippen LogP contribution is -2.55. The molecule has 7 nitrogen and oxygen atoms in total. The summed E-state index contributed by atoms with van der Waals surface area (Å²) < 4.78 is 43.6. The monoisotopic (exact) mass is 689 g/mol. The summed E-state index contributed by atoms with van der Waals surface area (Å²) in [7, 11) is -4.25. The summed E-state index contributed by atoms with van der Waals surface area (Å²) in [5.74, 6) is -1.32. The third-order valence-corrected chi connectivity index (χ3v) is 10.8. The number of anilines is 1. The molecular formula is C38H41ClFN3O4S. The van der Waals surface area contributed by atoms with Crippen molar-refractivity contribution in [1.82, 2.24) is 10.2 Å². The predicted octanol–water partition coefficient (Wildman–Crippen LogP) is 7.38. The molecule has 1 fully saturated rings. The zero-order valence-electron chi connectivity index (χ0n) is 27.2. The molecule has 0 aromatic heterocycles. The maximum absolute atomic E-state index is 14.7. The first-order valence-corrected chi connectivity index (χ1v) is 18.1. The summed E-state index contributed by atoms with van der Waals surface area (Å²) in [6.07, 6.45) is 5.06. The Hall–Kier alpha value is -4.21. The highest BCUT2D eigenvalue weighted by molar-refractivity contribution is 7.92. The number of hydrogen-bond donors (Lipinski definition) is 1. The van der Waals surface area contributed by atoms with E-state index in [0.717, 1.165) is 47.5 Å². The van der Waals surface area contributed by atoms with Crippen LogP contribution in [0.4, 0.5) is 10.1 Å². The van der Waals surface area contributed by atoms with Crippen LogP contribution < -0.4 is 9.62 Å². The predicted molar refractivity (Wildman–Crippen MR) is 188 cm³/mol. The first-order valence-electron chi connectivity index (χ1n) is 16.2. The minimum absolute atomic E-state index is 0.0116. The summed E-state index contributed by atoms with van der Waals surface area (Å²) in [6.45, 7) is 2.98. The summed E-state index contributed by atoms with van der Waals surface area (Å²) in [6, 6.07) is 25.4. The largest absolute Gasteiger partial charge is 0.352 e. The normalized spacial score (nSPS) is 14.2. The summed E-state index contributed by atoms with van der Waals surface area (Å²) in [4.78, 5) is 30.3. The average molecular weight is 690 g/mol. The van der Waals surface area contributed by atoms with Crippen molar-refractivity contribution in [2.24, 2.45) is 0 Å². The van der Waals surface area contributed by atoms with Gasteiger partial charge < -0.3 is 10.2 Å². The van der Waals surface area contributed by atoms with Crippen LogP contribution >= 0.6 is 11.6 Å². The summed E-state index contributed by atoms with van der Waals surface area (Å²) in [5, 5.41) is 3.62. The molecule has 0 saturated heterocycles. The van der Waals surface area contributed by atoms with Crippen LogP contribution in [0.25, 0.3) is 0 Å². The van der Waals surface area contributed by atoms with Crippen molar-refractivity contribution in [3.8, 4) is 0 Å². The first-order chi connectivity index (χ1) is 23.0. The molecule has 2 amide bonds. The summed E-state index contributed by atoms with van der Waals surface area (Å²) >= 11 is 6.25. The highest BCUT2D eigenvalue weighted by Gasteiger charge is 2.36. The van der Waals surface area contributed by atoms with E-state index in [2.05, 4.69) is 5.32 Å². The molecule has 1 saturated carbocycles. The molecule has 4 aromatic carbocycles. The molecular weight excluding hydrogens is 649 g/mol. The Balaban J connectivity index is 1.58.